The van der Waals surface area contributed by atoms with Crippen molar-refractivity contribution < 1.29 is 18.9 Å². The van der Waals surface area contributed by atoms with Gasteiger partial charge in [0.05, 0.1) is 30.4 Å². The lowest BCUT2D eigenvalue weighted by Crippen LogP contribution is -2.41. The zero-order valence-electron chi connectivity index (χ0n) is 14.8. The maximum atomic E-state index is 6.37. The second kappa shape index (κ2) is 6.41. The standard InChI is InChI=1S/C20H23NO4/c1-13(2)24-19-16-11-14-7-4-5-9-17(14)21-18(16)20(25-19)15(12-22-3)8-6-10-23-20/h4-7,9-11,13,15,19H,8,12H2,1-3H3/t15-,19+,20+/m1/s1. The predicted molar refractivity (Wildman–Crippen MR) is 93.7 cm³/mol. The van der Waals surface area contributed by atoms with Crippen LogP contribution in [0.1, 0.15) is 37.8 Å². The molecule has 0 fully saturated rings. The van der Waals surface area contributed by atoms with Gasteiger partial charge in [0.25, 0.3) is 5.79 Å². The number of para-hydroxylation sites is 1. The lowest BCUT2D eigenvalue weighted by Gasteiger charge is -2.37. The summed E-state index contributed by atoms with van der Waals surface area (Å²) in [6, 6.07) is 10.2. The van der Waals surface area contributed by atoms with Gasteiger partial charge in [-0.05, 0) is 38.5 Å². The Labute approximate surface area is 147 Å². The number of ether oxygens (including phenoxy) is 4. The van der Waals surface area contributed by atoms with Gasteiger partial charge >= 0.3 is 0 Å². The van der Waals surface area contributed by atoms with Crippen molar-refractivity contribution in [3.05, 3.63) is 53.9 Å². The smallest absolute Gasteiger partial charge is 0.261 e. The molecule has 0 saturated carbocycles. The highest BCUT2D eigenvalue weighted by atomic mass is 16.8. The van der Waals surface area contributed by atoms with Gasteiger partial charge in [-0.25, -0.2) is 4.98 Å². The van der Waals surface area contributed by atoms with Crippen molar-refractivity contribution in [2.24, 2.45) is 5.92 Å². The molecule has 2 aliphatic rings. The minimum absolute atomic E-state index is 0.00988. The zero-order valence-corrected chi connectivity index (χ0v) is 14.8. The second-order valence-corrected chi connectivity index (χ2v) is 6.80. The largest absolute Gasteiger partial charge is 0.464 e. The molecule has 0 bridgehead atoms. The average Bonchev–Trinajstić information content (AvgIpc) is 2.88. The molecule has 1 spiro atoms. The SMILES string of the molecule is COC[C@H]1CC=CO[C@]12O[C@H](OC(C)C)c1cc3ccccc3nc12. The molecule has 0 radical (unpaired) electrons. The number of benzene rings is 1. The Morgan fingerprint density at radius 1 is 1.32 bits per heavy atom. The number of hydrogen-bond donors (Lipinski definition) is 0. The van der Waals surface area contributed by atoms with Gasteiger partial charge in [-0.15, -0.1) is 0 Å². The maximum absolute atomic E-state index is 6.37. The van der Waals surface area contributed by atoms with Crippen LogP contribution in [0.25, 0.3) is 10.9 Å². The number of rotatable bonds is 4. The summed E-state index contributed by atoms with van der Waals surface area (Å²) in [4.78, 5) is 4.90. The van der Waals surface area contributed by atoms with Crippen LogP contribution in [0.3, 0.4) is 0 Å². The number of fused-ring (bicyclic) bond motifs is 3. The van der Waals surface area contributed by atoms with Crippen molar-refractivity contribution >= 4 is 10.9 Å². The first-order valence-corrected chi connectivity index (χ1v) is 8.69. The Kier molecular flexibility index (Phi) is 4.23. The fourth-order valence-corrected chi connectivity index (χ4v) is 3.59. The lowest BCUT2D eigenvalue weighted by molar-refractivity contribution is -0.321. The van der Waals surface area contributed by atoms with E-state index in [1.807, 2.05) is 44.2 Å². The summed E-state index contributed by atoms with van der Waals surface area (Å²) in [6.07, 6.45) is 4.02. The molecule has 3 atom stereocenters. The summed E-state index contributed by atoms with van der Waals surface area (Å²) in [5, 5.41) is 1.06. The van der Waals surface area contributed by atoms with E-state index >= 15 is 0 Å². The fraction of sp³-hybridized carbons (Fsp3) is 0.450. The fourth-order valence-electron chi connectivity index (χ4n) is 3.59. The van der Waals surface area contributed by atoms with Crippen LogP contribution in [0.4, 0.5) is 0 Å². The molecule has 1 aromatic carbocycles. The first-order valence-electron chi connectivity index (χ1n) is 8.69. The summed E-state index contributed by atoms with van der Waals surface area (Å²) in [7, 11) is 1.69. The van der Waals surface area contributed by atoms with Crippen LogP contribution in [0.5, 0.6) is 0 Å². The van der Waals surface area contributed by atoms with Crippen LogP contribution in [-0.2, 0) is 24.7 Å². The van der Waals surface area contributed by atoms with Crippen molar-refractivity contribution in [3.8, 4) is 0 Å². The van der Waals surface area contributed by atoms with E-state index in [9.17, 15) is 0 Å². The van der Waals surface area contributed by atoms with Crippen molar-refractivity contribution in [2.45, 2.75) is 38.4 Å². The molecular weight excluding hydrogens is 318 g/mol. The normalized spacial score (nSPS) is 27.8. The van der Waals surface area contributed by atoms with E-state index < -0.39 is 12.1 Å². The van der Waals surface area contributed by atoms with Crippen LogP contribution in [0.15, 0.2) is 42.7 Å². The third kappa shape index (κ3) is 2.72. The van der Waals surface area contributed by atoms with E-state index in [1.165, 1.54) is 0 Å². The van der Waals surface area contributed by atoms with Gasteiger partial charge in [0, 0.05) is 18.1 Å². The number of methoxy groups -OCH3 is 1. The molecule has 0 saturated heterocycles. The van der Waals surface area contributed by atoms with Gasteiger partial charge in [-0.2, -0.15) is 0 Å². The Bertz CT molecular complexity index is 803. The van der Waals surface area contributed by atoms with Crippen LogP contribution in [0, 0.1) is 5.92 Å². The lowest BCUT2D eigenvalue weighted by atomic mass is 9.90. The third-order valence-corrected chi connectivity index (χ3v) is 4.68. The molecule has 5 nitrogen and oxygen atoms in total. The summed E-state index contributed by atoms with van der Waals surface area (Å²) in [5.74, 6) is -0.959. The molecule has 132 valence electrons. The quantitative estimate of drug-likeness (QED) is 0.840. The summed E-state index contributed by atoms with van der Waals surface area (Å²) >= 11 is 0. The molecule has 0 amide bonds. The van der Waals surface area contributed by atoms with E-state index in [1.54, 1.807) is 13.4 Å². The van der Waals surface area contributed by atoms with Crippen LogP contribution in [0.2, 0.25) is 0 Å². The Balaban J connectivity index is 1.88. The van der Waals surface area contributed by atoms with E-state index in [0.717, 1.165) is 28.6 Å². The maximum Gasteiger partial charge on any atom is 0.261 e. The van der Waals surface area contributed by atoms with E-state index in [0.29, 0.717) is 6.61 Å². The highest BCUT2D eigenvalue weighted by Crippen LogP contribution is 2.51. The number of aromatic nitrogens is 1. The minimum atomic E-state index is -0.969. The van der Waals surface area contributed by atoms with Crippen LogP contribution >= 0.6 is 0 Å². The van der Waals surface area contributed by atoms with Gasteiger partial charge in [-0.3, -0.25) is 0 Å². The summed E-state index contributed by atoms with van der Waals surface area (Å²) in [5.41, 5.74) is 2.65. The molecule has 1 aromatic heterocycles. The molecule has 0 N–H and O–H groups in total. The predicted octanol–water partition coefficient (Wildman–Crippen LogP) is 4.04. The summed E-state index contributed by atoms with van der Waals surface area (Å²) < 4.78 is 23.9. The topological polar surface area (TPSA) is 49.8 Å². The second-order valence-electron chi connectivity index (χ2n) is 6.80. The number of pyridine rings is 1. The summed E-state index contributed by atoms with van der Waals surface area (Å²) in [6.45, 7) is 4.51. The van der Waals surface area contributed by atoms with Crippen LogP contribution < -0.4 is 0 Å². The number of allylic oxidation sites excluding steroid dienone is 1. The highest BCUT2D eigenvalue weighted by Gasteiger charge is 2.55. The molecule has 3 heterocycles. The van der Waals surface area contributed by atoms with Crippen molar-refractivity contribution in [1.29, 1.82) is 0 Å². The molecular formula is C20H23NO4. The van der Waals surface area contributed by atoms with Gasteiger partial charge in [0.15, 0.2) is 6.29 Å². The van der Waals surface area contributed by atoms with E-state index in [4.69, 9.17) is 23.9 Å². The number of hydrogen-bond acceptors (Lipinski definition) is 5. The molecule has 0 aliphatic carbocycles. The molecule has 25 heavy (non-hydrogen) atoms. The highest BCUT2D eigenvalue weighted by molar-refractivity contribution is 5.79. The van der Waals surface area contributed by atoms with Gasteiger partial charge < -0.3 is 18.9 Å². The van der Waals surface area contributed by atoms with Crippen LogP contribution in [-0.4, -0.2) is 24.8 Å². The zero-order chi connectivity index (χ0) is 17.4. The molecule has 0 unspecified atom stereocenters. The third-order valence-electron chi connectivity index (χ3n) is 4.68. The average molecular weight is 341 g/mol. The van der Waals surface area contributed by atoms with Gasteiger partial charge in [0.2, 0.25) is 0 Å². The van der Waals surface area contributed by atoms with E-state index in [2.05, 4.69) is 6.07 Å². The Morgan fingerprint density at radius 3 is 2.96 bits per heavy atom. The molecule has 4 rings (SSSR count). The first-order chi connectivity index (χ1) is 12.1. The monoisotopic (exact) mass is 341 g/mol. The Morgan fingerprint density at radius 2 is 2.16 bits per heavy atom. The Hall–Kier alpha value is -1.95. The van der Waals surface area contributed by atoms with Crippen molar-refractivity contribution in [2.75, 3.05) is 13.7 Å². The molecule has 2 aromatic rings. The minimum Gasteiger partial charge on any atom is -0.464 e. The van der Waals surface area contributed by atoms with Crippen molar-refractivity contribution in [3.63, 3.8) is 0 Å². The number of nitrogens with zero attached hydrogens (tertiary/aromatic N) is 1. The van der Waals surface area contributed by atoms with E-state index in [-0.39, 0.29) is 12.0 Å². The first kappa shape index (κ1) is 16.5. The van der Waals surface area contributed by atoms with Crippen molar-refractivity contribution in [1.82, 2.24) is 4.98 Å². The van der Waals surface area contributed by atoms with Gasteiger partial charge in [0.1, 0.15) is 5.69 Å². The van der Waals surface area contributed by atoms with Gasteiger partial charge in [-0.1, -0.05) is 18.2 Å². The molecule has 5 heteroatoms. The molecule has 2 aliphatic heterocycles.